The number of hydrogen-bond acceptors (Lipinski definition) is 3. The van der Waals surface area contributed by atoms with Crippen LogP contribution in [0.1, 0.15) is 55.5 Å². The molecule has 1 aromatic rings. The third-order valence-corrected chi connectivity index (χ3v) is 3.93. The Balaban J connectivity index is 2.10. The summed E-state index contributed by atoms with van der Waals surface area (Å²) in [7, 11) is 0. The molecule has 1 aromatic heterocycles. The van der Waals surface area contributed by atoms with E-state index in [1.54, 1.807) is 18.5 Å². The van der Waals surface area contributed by atoms with Gasteiger partial charge in [0.2, 0.25) is 0 Å². The van der Waals surface area contributed by atoms with Gasteiger partial charge in [-0.15, -0.1) is 0 Å². The van der Waals surface area contributed by atoms with Gasteiger partial charge in [0.15, 0.2) is 0 Å². The van der Waals surface area contributed by atoms with Gasteiger partial charge in [-0.25, -0.2) is 0 Å². The van der Waals surface area contributed by atoms with E-state index in [-0.39, 0.29) is 18.5 Å². The Morgan fingerprint density at radius 2 is 2.38 bits per heavy atom. The predicted molar refractivity (Wildman–Crippen MR) is 83.7 cm³/mol. The Labute approximate surface area is 126 Å². The van der Waals surface area contributed by atoms with Gasteiger partial charge in [-0.2, -0.15) is 0 Å². The van der Waals surface area contributed by atoms with Crippen molar-refractivity contribution in [2.75, 3.05) is 6.54 Å². The fourth-order valence-electron chi connectivity index (χ4n) is 2.92. The molecule has 1 unspecified atom stereocenters. The molecule has 0 radical (unpaired) electrons. The van der Waals surface area contributed by atoms with Gasteiger partial charge in [-0.1, -0.05) is 32.1 Å². The average Bonchev–Trinajstić information content (AvgIpc) is 2.44. The van der Waals surface area contributed by atoms with Crippen LogP contribution in [0.5, 0.6) is 0 Å². The van der Waals surface area contributed by atoms with Crippen LogP contribution in [-0.4, -0.2) is 23.5 Å². The van der Waals surface area contributed by atoms with Crippen molar-refractivity contribution in [2.24, 2.45) is 11.1 Å². The van der Waals surface area contributed by atoms with Crippen LogP contribution in [0.4, 0.5) is 0 Å². The highest BCUT2D eigenvalue weighted by Gasteiger charge is 2.29. The van der Waals surface area contributed by atoms with Crippen molar-refractivity contribution >= 4 is 5.91 Å². The van der Waals surface area contributed by atoms with E-state index in [2.05, 4.69) is 36.0 Å². The maximum Gasteiger partial charge on any atom is 0.252 e. The standard InChI is InChI=1S/C17H23N3O/c1-17(2)8-3-6-14(11-17)20-16(21)15-7-10-19-12-13(15)5-4-9-18/h7,10,12,14H,3,6,8-9,11,18H2,1-2H3,(H,20,21). The van der Waals surface area contributed by atoms with E-state index in [1.807, 2.05) is 0 Å². The van der Waals surface area contributed by atoms with E-state index in [0.717, 1.165) is 19.3 Å². The number of carbonyl (C=O) groups excluding carboxylic acids is 1. The summed E-state index contributed by atoms with van der Waals surface area (Å²) in [5.41, 5.74) is 6.90. The van der Waals surface area contributed by atoms with Crippen LogP contribution in [0.3, 0.4) is 0 Å². The lowest BCUT2D eigenvalue weighted by molar-refractivity contribution is 0.0902. The van der Waals surface area contributed by atoms with Gasteiger partial charge in [0, 0.05) is 18.4 Å². The molecule has 0 aromatic carbocycles. The summed E-state index contributed by atoms with van der Waals surface area (Å²) in [6.07, 6.45) is 7.68. The highest BCUT2D eigenvalue weighted by Crippen LogP contribution is 2.35. The largest absolute Gasteiger partial charge is 0.349 e. The SMILES string of the molecule is CC1(C)CCCC(NC(=O)c2ccncc2C#CCN)C1. The van der Waals surface area contributed by atoms with Crippen LogP contribution < -0.4 is 11.1 Å². The Hall–Kier alpha value is -1.86. The third-order valence-electron chi connectivity index (χ3n) is 3.93. The summed E-state index contributed by atoms with van der Waals surface area (Å²) < 4.78 is 0. The molecule has 1 amide bonds. The molecule has 0 bridgehead atoms. The van der Waals surface area contributed by atoms with Gasteiger partial charge in [0.1, 0.15) is 0 Å². The predicted octanol–water partition coefficient (Wildman–Crippen LogP) is 2.09. The number of nitrogens with zero attached hydrogens (tertiary/aromatic N) is 1. The van der Waals surface area contributed by atoms with Gasteiger partial charge >= 0.3 is 0 Å². The summed E-state index contributed by atoms with van der Waals surface area (Å²) in [5.74, 6) is 5.62. The number of amides is 1. The summed E-state index contributed by atoms with van der Waals surface area (Å²) >= 11 is 0. The number of carbonyl (C=O) groups is 1. The van der Waals surface area contributed by atoms with E-state index in [0.29, 0.717) is 16.5 Å². The first kappa shape index (κ1) is 15.5. The van der Waals surface area contributed by atoms with Gasteiger partial charge in [-0.05, 0) is 30.7 Å². The Morgan fingerprint density at radius 3 is 3.10 bits per heavy atom. The van der Waals surface area contributed by atoms with E-state index in [4.69, 9.17) is 5.73 Å². The lowest BCUT2D eigenvalue weighted by atomic mass is 9.75. The summed E-state index contributed by atoms with van der Waals surface area (Å²) in [6.45, 7) is 4.79. The molecule has 0 spiro atoms. The molecule has 4 nitrogen and oxygen atoms in total. The van der Waals surface area contributed by atoms with Gasteiger partial charge in [-0.3, -0.25) is 9.78 Å². The lowest BCUT2D eigenvalue weighted by Gasteiger charge is -2.35. The minimum absolute atomic E-state index is 0.0681. The third kappa shape index (κ3) is 4.30. The Morgan fingerprint density at radius 1 is 1.57 bits per heavy atom. The zero-order valence-corrected chi connectivity index (χ0v) is 12.8. The number of nitrogens with two attached hydrogens (primary N) is 1. The second-order valence-electron chi connectivity index (χ2n) is 6.36. The molecule has 4 heteroatoms. The van der Waals surface area contributed by atoms with Gasteiger partial charge < -0.3 is 11.1 Å². The van der Waals surface area contributed by atoms with Crippen LogP contribution in [0, 0.1) is 17.3 Å². The number of nitrogens with one attached hydrogen (secondary N) is 1. The van der Waals surface area contributed by atoms with Crippen LogP contribution in [-0.2, 0) is 0 Å². The van der Waals surface area contributed by atoms with Gasteiger partial charge in [0.25, 0.3) is 5.91 Å². The van der Waals surface area contributed by atoms with Gasteiger partial charge in [0.05, 0.1) is 17.7 Å². The number of rotatable bonds is 2. The fourth-order valence-corrected chi connectivity index (χ4v) is 2.92. The first-order chi connectivity index (χ1) is 10.0. The van der Waals surface area contributed by atoms with Crippen molar-refractivity contribution in [3.8, 4) is 11.8 Å². The van der Waals surface area contributed by atoms with Crippen molar-refractivity contribution < 1.29 is 4.79 Å². The smallest absolute Gasteiger partial charge is 0.252 e. The molecule has 21 heavy (non-hydrogen) atoms. The maximum absolute atomic E-state index is 12.5. The zero-order chi connectivity index (χ0) is 15.3. The fraction of sp³-hybridized carbons (Fsp3) is 0.529. The first-order valence-corrected chi connectivity index (χ1v) is 7.46. The van der Waals surface area contributed by atoms with Crippen molar-refractivity contribution in [2.45, 2.75) is 45.6 Å². The maximum atomic E-state index is 12.5. The molecule has 0 aliphatic heterocycles. The molecule has 1 fully saturated rings. The minimum Gasteiger partial charge on any atom is -0.349 e. The van der Waals surface area contributed by atoms with E-state index in [1.165, 1.54) is 6.42 Å². The highest BCUT2D eigenvalue weighted by atomic mass is 16.1. The van der Waals surface area contributed by atoms with Crippen molar-refractivity contribution in [3.05, 3.63) is 29.6 Å². The molecule has 1 aliphatic rings. The van der Waals surface area contributed by atoms with Crippen LogP contribution in [0.2, 0.25) is 0 Å². The summed E-state index contributed by atoms with van der Waals surface area (Å²) in [4.78, 5) is 16.5. The van der Waals surface area contributed by atoms with Crippen LogP contribution >= 0.6 is 0 Å². The van der Waals surface area contributed by atoms with Crippen LogP contribution in [0.25, 0.3) is 0 Å². The topological polar surface area (TPSA) is 68.0 Å². The van der Waals surface area contributed by atoms with Crippen molar-refractivity contribution in [1.82, 2.24) is 10.3 Å². The molecule has 1 aliphatic carbocycles. The van der Waals surface area contributed by atoms with E-state index < -0.39 is 0 Å². The molecule has 112 valence electrons. The quantitative estimate of drug-likeness (QED) is 0.818. The molecular formula is C17H23N3O. The second kappa shape index (κ2) is 6.73. The minimum atomic E-state index is -0.0681. The van der Waals surface area contributed by atoms with Crippen molar-refractivity contribution in [3.63, 3.8) is 0 Å². The molecule has 2 rings (SSSR count). The molecule has 0 saturated heterocycles. The van der Waals surface area contributed by atoms with E-state index >= 15 is 0 Å². The number of pyridine rings is 1. The normalized spacial score (nSPS) is 20.2. The molecule has 1 saturated carbocycles. The highest BCUT2D eigenvalue weighted by molar-refractivity contribution is 5.96. The molecule has 3 N–H and O–H groups in total. The van der Waals surface area contributed by atoms with E-state index in [9.17, 15) is 4.79 Å². The van der Waals surface area contributed by atoms with Crippen molar-refractivity contribution in [1.29, 1.82) is 0 Å². The Kier molecular flexibility index (Phi) is 4.98. The second-order valence-corrected chi connectivity index (χ2v) is 6.36. The Bertz CT molecular complexity index is 569. The monoisotopic (exact) mass is 285 g/mol. The molecule has 1 heterocycles. The average molecular weight is 285 g/mol. The molecular weight excluding hydrogens is 262 g/mol. The lowest BCUT2D eigenvalue weighted by Crippen LogP contribution is -2.40. The summed E-state index contributed by atoms with van der Waals surface area (Å²) in [6, 6.07) is 1.95. The van der Waals surface area contributed by atoms with Crippen LogP contribution in [0.15, 0.2) is 18.5 Å². The number of hydrogen-bond donors (Lipinski definition) is 2. The zero-order valence-electron chi connectivity index (χ0n) is 12.8. The summed E-state index contributed by atoms with van der Waals surface area (Å²) in [5, 5.41) is 3.14. The number of aromatic nitrogens is 1. The molecule has 1 atom stereocenters. The first-order valence-electron chi connectivity index (χ1n) is 7.46.